The Balaban J connectivity index is 0.000000223. The second-order valence-corrected chi connectivity index (χ2v) is 6.32. The van der Waals surface area contributed by atoms with Crippen molar-refractivity contribution < 1.29 is 4.74 Å². The molecule has 11 N–H and O–H groups in total. The van der Waals surface area contributed by atoms with Gasteiger partial charge in [-0.05, 0) is 79.2 Å². The molecule has 7 nitrogen and oxygen atoms in total. The highest BCUT2D eigenvalue weighted by molar-refractivity contribution is 5.54. The van der Waals surface area contributed by atoms with Gasteiger partial charge in [-0.2, -0.15) is 0 Å². The summed E-state index contributed by atoms with van der Waals surface area (Å²) in [5.74, 6) is 0. The maximum absolute atomic E-state index is 5.53. The number of anilines is 6. The van der Waals surface area contributed by atoms with Crippen molar-refractivity contribution in [3.8, 4) is 0 Å². The number of nitrogens with two attached hydrogens (primary N) is 5. The second-order valence-electron chi connectivity index (χ2n) is 6.32. The molecule has 0 aliphatic heterocycles. The van der Waals surface area contributed by atoms with Crippen molar-refractivity contribution in [2.75, 3.05) is 54.2 Å². The van der Waals surface area contributed by atoms with Crippen LogP contribution in [0.2, 0.25) is 0 Å². The zero-order chi connectivity index (χ0) is 21.6. The summed E-state index contributed by atoms with van der Waals surface area (Å²) in [7, 11) is 1.69. The molecule has 0 saturated heterocycles. The van der Waals surface area contributed by atoms with Crippen LogP contribution in [0.3, 0.4) is 0 Å². The molecule has 0 aliphatic rings. The molecule has 0 saturated carbocycles. The Labute approximate surface area is 172 Å². The van der Waals surface area contributed by atoms with E-state index < -0.39 is 0 Å². The van der Waals surface area contributed by atoms with Crippen LogP contribution in [0.25, 0.3) is 0 Å². The van der Waals surface area contributed by atoms with Crippen LogP contribution in [0.5, 0.6) is 0 Å². The lowest BCUT2D eigenvalue weighted by Crippen LogP contribution is -2.07. The monoisotopic (exact) mass is 396 g/mol. The standard InChI is InChI=1S/C9H14N2O.C7H10N2.C6H8N2/c1-12-7-6-11-9-4-2-8(10)3-5-9;1-5-4-6(8)2-3-7(5)9;7-5-1-2-6(8)4-3-5/h2-5,11H,6-7,10H2,1H3;2-4H,8-9H2,1H3;1-4H,7-8H2. The quantitative estimate of drug-likeness (QED) is 0.292. The Kier molecular flexibility index (Phi) is 10.3. The number of nitrogens with one attached hydrogen (secondary N) is 1. The smallest absolute Gasteiger partial charge is 0.0635 e. The van der Waals surface area contributed by atoms with Crippen molar-refractivity contribution in [2.24, 2.45) is 0 Å². The molecule has 0 fully saturated rings. The number of rotatable bonds is 4. The average molecular weight is 397 g/mol. The minimum absolute atomic E-state index is 0.713. The van der Waals surface area contributed by atoms with Crippen LogP contribution in [0.1, 0.15) is 5.56 Å². The highest BCUT2D eigenvalue weighted by Gasteiger charge is 1.90. The van der Waals surface area contributed by atoms with Gasteiger partial charge in [0.05, 0.1) is 6.61 Å². The van der Waals surface area contributed by atoms with Crippen LogP contribution in [0, 0.1) is 6.92 Å². The highest BCUT2D eigenvalue weighted by Crippen LogP contribution is 2.13. The second kappa shape index (κ2) is 12.7. The van der Waals surface area contributed by atoms with E-state index in [4.69, 9.17) is 33.4 Å². The van der Waals surface area contributed by atoms with E-state index >= 15 is 0 Å². The van der Waals surface area contributed by atoms with Crippen molar-refractivity contribution in [1.82, 2.24) is 0 Å². The predicted octanol–water partition coefficient (Wildman–Crippen LogP) is 3.34. The Bertz CT molecular complexity index is 814. The summed E-state index contributed by atoms with van der Waals surface area (Å²) in [5, 5.41) is 3.19. The Morgan fingerprint density at radius 2 is 1.14 bits per heavy atom. The lowest BCUT2D eigenvalue weighted by Gasteiger charge is -2.04. The van der Waals surface area contributed by atoms with E-state index in [0.29, 0.717) is 6.61 Å². The van der Waals surface area contributed by atoms with E-state index in [0.717, 1.165) is 46.2 Å². The molecule has 156 valence electrons. The summed E-state index contributed by atoms with van der Waals surface area (Å²) >= 11 is 0. The molecule has 3 aromatic carbocycles. The van der Waals surface area contributed by atoms with Crippen molar-refractivity contribution in [3.63, 3.8) is 0 Å². The van der Waals surface area contributed by atoms with Gasteiger partial charge in [0, 0.05) is 47.8 Å². The number of aryl methyl sites for hydroxylation is 1. The van der Waals surface area contributed by atoms with Gasteiger partial charge in [0.25, 0.3) is 0 Å². The molecular formula is C22H32N6O. The van der Waals surface area contributed by atoms with Crippen LogP contribution in [0.4, 0.5) is 34.1 Å². The van der Waals surface area contributed by atoms with Gasteiger partial charge in [0.15, 0.2) is 0 Å². The van der Waals surface area contributed by atoms with Crippen LogP contribution in [0.15, 0.2) is 66.7 Å². The van der Waals surface area contributed by atoms with Gasteiger partial charge in [-0.15, -0.1) is 0 Å². The van der Waals surface area contributed by atoms with Gasteiger partial charge in [0.2, 0.25) is 0 Å². The van der Waals surface area contributed by atoms with Crippen molar-refractivity contribution in [1.29, 1.82) is 0 Å². The van der Waals surface area contributed by atoms with Gasteiger partial charge in [0.1, 0.15) is 0 Å². The lowest BCUT2D eigenvalue weighted by atomic mass is 10.2. The van der Waals surface area contributed by atoms with E-state index in [9.17, 15) is 0 Å². The number of nitrogen functional groups attached to an aromatic ring is 5. The molecule has 0 unspecified atom stereocenters. The first-order valence-corrected chi connectivity index (χ1v) is 9.12. The molecule has 0 atom stereocenters. The third kappa shape index (κ3) is 10.4. The molecule has 3 aromatic rings. The van der Waals surface area contributed by atoms with Crippen LogP contribution in [-0.2, 0) is 4.74 Å². The van der Waals surface area contributed by atoms with Crippen molar-refractivity contribution in [2.45, 2.75) is 6.92 Å². The SMILES string of the molecule is COCCNc1ccc(N)cc1.Cc1cc(N)ccc1N.Nc1ccc(N)cc1. The van der Waals surface area contributed by atoms with Crippen molar-refractivity contribution in [3.05, 3.63) is 72.3 Å². The minimum Gasteiger partial charge on any atom is -0.399 e. The zero-order valence-electron chi connectivity index (χ0n) is 17.1. The normalized spacial score (nSPS) is 9.45. The molecule has 0 bridgehead atoms. The Morgan fingerprint density at radius 1 is 0.690 bits per heavy atom. The summed E-state index contributed by atoms with van der Waals surface area (Å²) < 4.78 is 4.90. The molecule has 0 spiro atoms. The molecule has 3 rings (SSSR count). The molecule has 0 radical (unpaired) electrons. The molecular weight excluding hydrogens is 364 g/mol. The van der Waals surface area contributed by atoms with Crippen LogP contribution in [-0.4, -0.2) is 20.3 Å². The first-order valence-electron chi connectivity index (χ1n) is 9.12. The minimum atomic E-state index is 0.713. The van der Waals surface area contributed by atoms with E-state index in [1.54, 1.807) is 37.4 Å². The maximum atomic E-state index is 5.53. The lowest BCUT2D eigenvalue weighted by molar-refractivity contribution is 0.211. The number of benzene rings is 3. The van der Waals surface area contributed by atoms with E-state index in [2.05, 4.69) is 5.32 Å². The third-order valence-electron chi connectivity index (χ3n) is 3.78. The first-order chi connectivity index (χ1) is 13.8. The summed E-state index contributed by atoms with van der Waals surface area (Å²) in [4.78, 5) is 0. The summed E-state index contributed by atoms with van der Waals surface area (Å²) in [6.45, 7) is 3.47. The maximum Gasteiger partial charge on any atom is 0.0635 e. The van der Waals surface area contributed by atoms with E-state index in [-0.39, 0.29) is 0 Å². The van der Waals surface area contributed by atoms with Crippen LogP contribution < -0.4 is 34.0 Å². The fourth-order valence-corrected chi connectivity index (χ4v) is 2.09. The Hall–Kier alpha value is -3.58. The summed E-state index contributed by atoms with van der Waals surface area (Å²) in [6.07, 6.45) is 0. The number of methoxy groups -OCH3 is 1. The number of hydrogen-bond donors (Lipinski definition) is 6. The molecule has 7 heteroatoms. The average Bonchev–Trinajstić information content (AvgIpc) is 2.70. The summed E-state index contributed by atoms with van der Waals surface area (Å²) in [6, 6.07) is 20.2. The molecule has 0 aromatic heterocycles. The molecule has 0 aliphatic carbocycles. The van der Waals surface area contributed by atoms with Gasteiger partial charge < -0.3 is 38.7 Å². The fraction of sp³-hybridized carbons (Fsp3) is 0.182. The third-order valence-corrected chi connectivity index (χ3v) is 3.78. The zero-order valence-corrected chi connectivity index (χ0v) is 17.1. The van der Waals surface area contributed by atoms with Gasteiger partial charge in [-0.3, -0.25) is 0 Å². The van der Waals surface area contributed by atoms with E-state index in [1.165, 1.54) is 0 Å². The van der Waals surface area contributed by atoms with Crippen molar-refractivity contribution >= 4 is 34.1 Å². The van der Waals surface area contributed by atoms with E-state index in [1.807, 2.05) is 43.3 Å². The molecule has 0 amide bonds. The predicted molar refractivity (Wildman–Crippen MR) is 126 cm³/mol. The fourth-order valence-electron chi connectivity index (χ4n) is 2.09. The van der Waals surface area contributed by atoms with Gasteiger partial charge in [-0.1, -0.05) is 0 Å². The Morgan fingerprint density at radius 3 is 1.55 bits per heavy atom. The van der Waals surface area contributed by atoms with Gasteiger partial charge >= 0.3 is 0 Å². The van der Waals surface area contributed by atoms with Gasteiger partial charge in [-0.25, -0.2) is 0 Å². The molecule has 0 heterocycles. The number of ether oxygens (including phenoxy) is 1. The first kappa shape index (κ1) is 23.5. The van der Waals surface area contributed by atoms with Crippen LogP contribution >= 0.6 is 0 Å². The summed E-state index contributed by atoms with van der Waals surface area (Å²) in [5.41, 5.74) is 33.2. The number of hydrogen-bond acceptors (Lipinski definition) is 7. The topological polar surface area (TPSA) is 151 Å². The highest BCUT2D eigenvalue weighted by atomic mass is 16.5. The largest absolute Gasteiger partial charge is 0.399 e. The molecule has 29 heavy (non-hydrogen) atoms.